The van der Waals surface area contributed by atoms with Crippen LogP contribution in [0.15, 0.2) is 60.7 Å². The topological polar surface area (TPSA) is 44.8 Å². The van der Waals surface area contributed by atoms with E-state index in [1.807, 2.05) is 12.1 Å². The van der Waals surface area contributed by atoms with Crippen LogP contribution < -0.4 is 0 Å². The quantitative estimate of drug-likeness (QED) is 0.141. The van der Waals surface area contributed by atoms with Crippen LogP contribution in [0.25, 0.3) is 11.1 Å². The fraction of sp³-hybridized carbons (Fsp3) is 0.447. The first kappa shape index (κ1) is 32.7. The van der Waals surface area contributed by atoms with Gasteiger partial charge in [0.2, 0.25) is 0 Å². The van der Waals surface area contributed by atoms with Gasteiger partial charge in [-0.05, 0) is 91.3 Å². The maximum atomic E-state index is 11.7. The third-order valence-electron chi connectivity index (χ3n) is 8.83. The molecule has 0 saturated carbocycles. The average molecular weight is 597 g/mol. The smallest absolute Gasteiger partial charge is 0.309 e. The monoisotopic (exact) mass is 596 g/mol. The minimum atomic E-state index is -1.77. The summed E-state index contributed by atoms with van der Waals surface area (Å²) in [5, 5.41) is 0. The van der Waals surface area contributed by atoms with E-state index >= 15 is 0 Å². The lowest BCUT2D eigenvalue weighted by atomic mass is 9.69. The Morgan fingerprint density at radius 3 is 2.05 bits per heavy atom. The van der Waals surface area contributed by atoms with Crippen LogP contribution in [0.4, 0.5) is 0 Å². The van der Waals surface area contributed by atoms with Crippen LogP contribution in [0.1, 0.15) is 72.9 Å². The first-order chi connectivity index (χ1) is 20.4. The molecule has 0 bridgehead atoms. The molecule has 1 heterocycles. The number of methoxy groups -OCH3 is 1. The molecule has 0 atom stereocenters. The van der Waals surface area contributed by atoms with Gasteiger partial charge in [-0.25, -0.2) is 0 Å². The molecule has 0 spiro atoms. The zero-order chi connectivity index (χ0) is 31.3. The molecule has 4 nitrogen and oxygen atoms in total. The van der Waals surface area contributed by atoms with E-state index in [2.05, 4.69) is 108 Å². The molecule has 1 saturated heterocycles. The second kappa shape index (κ2) is 13.6. The fourth-order valence-corrected chi connectivity index (χ4v) is 7.81. The number of benzene rings is 3. The summed E-state index contributed by atoms with van der Waals surface area (Å²) in [6.45, 7) is 17.1. The van der Waals surface area contributed by atoms with Crippen LogP contribution in [0.3, 0.4) is 0 Å². The number of carbonyl (C=O) groups is 1. The van der Waals surface area contributed by atoms with Crippen molar-refractivity contribution in [3.63, 3.8) is 0 Å². The van der Waals surface area contributed by atoms with Gasteiger partial charge in [0, 0.05) is 23.8 Å². The van der Waals surface area contributed by atoms with Crippen LogP contribution in [0.5, 0.6) is 0 Å². The van der Waals surface area contributed by atoms with Gasteiger partial charge in [0.1, 0.15) is 5.60 Å². The Kier molecular flexibility index (Phi) is 10.4. The minimum absolute atomic E-state index is 0.0900. The van der Waals surface area contributed by atoms with Crippen LogP contribution >= 0.6 is 0 Å². The lowest BCUT2D eigenvalue weighted by Crippen LogP contribution is -2.45. The summed E-state index contributed by atoms with van der Waals surface area (Å²) in [5.41, 5.74) is 8.99. The third-order valence-corrected chi connectivity index (χ3v) is 9.84. The largest absolute Gasteiger partial charge is 0.469 e. The molecular weight excluding hydrogens is 549 g/mol. The van der Waals surface area contributed by atoms with Gasteiger partial charge in [0.05, 0.1) is 26.7 Å². The summed E-state index contributed by atoms with van der Waals surface area (Å²) < 4.78 is 17.1. The molecule has 1 aliphatic rings. The lowest BCUT2D eigenvalue weighted by Gasteiger charge is -2.38. The van der Waals surface area contributed by atoms with Gasteiger partial charge in [0.25, 0.3) is 0 Å². The van der Waals surface area contributed by atoms with Crippen LogP contribution in [-0.4, -0.2) is 40.2 Å². The predicted molar refractivity (Wildman–Crippen MR) is 179 cm³/mol. The van der Waals surface area contributed by atoms with E-state index in [0.717, 1.165) is 42.4 Å². The molecule has 0 radical (unpaired) electrons. The summed E-state index contributed by atoms with van der Waals surface area (Å²) in [6.07, 6.45) is 3.94. The normalized spacial score (nSPS) is 15.0. The second-order valence-corrected chi connectivity index (χ2v) is 17.3. The highest BCUT2D eigenvalue weighted by atomic mass is 28.4. The summed E-state index contributed by atoms with van der Waals surface area (Å²) in [5.74, 6) is 6.87. The van der Waals surface area contributed by atoms with Crippen LogP contribution in [0, 0.1) is 25.7 Å². The zero-order valence-corrected chi connectivity index (χ0v) is 28.4. The van der Waals surface area contributed by atoms with Crippen molar-refractivity contribution >= 4 is 14.3 Å². The molecule has 1 fully saturated rings. The van der Waals surface area contributed by atoms with Gasteiger partial charge in [-0.1, -0.05) is 80.3 Å². The zero-order valence-electron chi connectivity index (χ0n) is 27.4. The molecule has 0 aliphatic carbocycles. The number of hydrogen-bond acceptors (Lipinski definition) is 4. The molecule has 0 unspecified atom stereocenters. The van der Waals surface area contributed by atoms with Crippen LogP contribution in [-0.2, 0) is 30.5 Å². The molecule has 5 heteroatoms. The summed E-state index contributed by atoms with van der Waals surface area (Å²) >= 11 is 0. The van der Waals surface area contributed by atoms with Crippen molar-refractivity contribution in [3.8, 4) is 23.0 Å². The number of carbonyl (C=O) groups excluding carboxylic acids is 1. The Labute approximate surface area is 260 Å². The van der Waals surface area contributed by atoms with Crippen molar-refractivity contribution < 1.29 is 18.7 Å². The number of hydrogen-bond donors (Lipinski definition) is 0. The Bertz CT molecular complexity index is 1480. The first-order valence-corrected chi connectivity index (χ1v) is 19.0. The number of rotatable bonds is 9. The van der Waals surface area contributed by atoms with Crippen molar-refractivity contribution in [2.75, 3.05) is 20.3 Å². The second-order valence-electron chi connectivity index (χ2n) is 12.9. The maximum absolute atomic E-state index is 11.7. The molecular formula is C38H48O4Si. The highest BCUT2D eigenvalue weighted by Crippen LogP contribution is 2.41. The molecule has 43 heavy (non-hydrogen) atoms. The number of aryl methyl sites for hydroxylation is 2. The van der Waals surface area contributed by atoms with E-state index in [1.54, 1.807) is 0 Å². The van der Waals surface area contributed by atoms with Gasteiger partial charge < -0.3 is 13.9 Å². The number of esters is 1. The summed E-state index contributed by atoms with van der Waals surface area (Å²) in [6, 6.07) is 21.9. The molecule has 0 aromatic heterocycles. The fourth-order valence-electron chi connectivity index (χ4n) is 6.38. The van der Waals surface area contributed by atoms with Gasteiger partial charge in [-0.3, -0.25) is 4.79 Å². The first-order valence-electron chi connectivity index (χ1n) is 15.6. The minimum Gasteiger partial charge on any atom is -0.469 e. The molecule has 3 aromatic carbocycles. The predicted octanol–water partition coefficient (Wildman–Crippen LogP) is 8.54. The van der Waals surface area contributed by atoms with Gasteiger partial charge in [-0.15, -0.1) is 0 Å². The lowest BCUT2D eigenvalue weighted by molar-refractivity contribution is -0.139. The van der Waals surface area contributed by atoms with Gasteiger partial charge >= 0.3 is 5.97 Å². The van der Waals surface area contributed by atoms with Crippen LogP contribution in [0.2, 0.25) is 19.6 Å². The van der Waals surface area contributed by atoms with Crippen molar-refractivity contribution in [1.29, 1.82) is 0 Å². The van der Waals surface area contributed by atoms with E-state index in [0.29, 0.717) is 13.2 Å². The Morgan fingerprint density at radius 2 is 1.51 bits per heavy atom. The summed E-state index contributed by atoms with van der Waals surface area (Å²) in [7, 11) is -0.343. The van der Waals surface area contributed by atoms with E-state index in [-0.39, 0.29) is 17.8 Å². The highest BCUT2D eigenvalue weighted by molar-refractivity contribution is 6.69. The van der Waals surface area contributed by atoms with Gasteiger partial charge in [0.15, 0.2) is 8.32 Å². The van der Waals surface area contributed by atoms with E-state index in [1.165, 1.54) is 34.9 Å². The third kappa shape index (κ3) is 7.68. The molecule has 0 amide bonds. The van der Waals surface area contributed by atoms with Crippen molar-refractivity contribution in [3.05, 3.63) is 94.0 Å². The molecule has 1 aliphatic heterocycles. The summed E-state index contributed by atoms with van der Waals surface area (Å²) in [4.78, 5) is 11.7. The van der Waals surface area contributed by atoms with E-state index < -0.39 is 13.9 Å². The van der Waals surface area contributed by atoms with E-state index in [4.69, 9.17) is 13.9 Å². The molecule has 0 N–H and O–H groups in total. The SMILES string of the molecule is CCC(CC)(c1ccc(C#CC2(O[Si](C)(C)C)CCOCC2)c(C)c1)c1ccc(-c2ccc(CC(=O)OC)cc2)c(C)c1. The standard InChI is InChI=1S/C38H48O4Si/c1-9-38(10-2,34-17-18-35(29(4)26-34)32-13-11-30(12-14-32)27-36(39)40-5)33-16-15-31(28(3)25-33)19-20-37(42-43(6,7)8)21-23-41-24-22-37/h11-18,25-26H,9-10,21-24,27H2,1-8H3. The van der Waals surface area contributed by atoms with Crippen molar-refractivity contribution in [1.82, 2.24) is 0 Å². The van der Waals surface area contributed by atoms with E-state index in [9.17, 15) is 4.79 Å². The Morgan fingerprint density at radius 1 is 0.907 bits per heavy atom. The molecule has 4 rings (SSSR count). The molecule has 228 valence electrons. The average Bonchev–Trinajstić information content (AvgIpc) is 2.98. The highest BCUT2D eigenvalue weighted by Gasteiger charge is 2.36. The Balaban J connectivity index is 1.63. The number of ether oxygens (including phenoxy) is 2. The van der Waals surface area contributed by atoms with Crippen molar-refractivity contribution in [2.24, 2.45) is 0 Å². The maximum Gasteiger partial charge on any atom is 0.309 e. The Hall–Kier alpha value is -3.17. The van der Waals surface area contributed by atoms with Crippen molar-refractivity contribution in [2.45, 2.75) is 90.5 Å². The molecule has 3 aromatic rings. The van der Waals surface area contributed by atoms with Gasteiger partial charge in [-0.2, -0.15) is 0 Å².